The number of nitrogens with one attached hydrogen (secondary N) is 1. The Labute approximate surface area is 218 Å². The fraction of sp³-hybridized carbons (Fsp3) is 0.348. The van der Waals surface area contributed by atoms with Crippen LogP contribution in [-0.4, -0.2) is 20.7 Å². The Balaban J connectivity index is 1.83. The van der Waals surface area contributed by atoms with E-state index in [1.165, 1.54) is 11.8 Å². The van der Waals surface area contributed by atoms with Crippen molar-refractivity contribution in [3.05, 3.63) is 73.4 Å². The van der Waals surface area contributed by atoms with Gasteiger partial charge in [0.25, 0.3) is 5.91 Å². The highest BCUT2D eigenvalue weighted by Gasteiger charge is 2.25. The number of aromatic nitrogens is 3. The monoisotopic (exact) mass is 544 g/mol. The lowest BCUT2D eigenvalue weighted by molar-refractivity contribution is 0.0929. The zero-order valence-corrected chi connectivity index (χ0v) is 22.3. The molecule has 176 valence electrons. The molecule has 0 spiro atoms. The molecular weight excluding hydrogens is 522 g/mol. The van der Waals surface area contributed by atoms with E-state index in [0.29, 0.717) is 56.1 Å². The van der Waals surface area contributed by atoms with Crippen molar-refractivity contribution in [2.45, 2.75) is 50.7 Å². The Morgan fingerprint density at radius 3 is 2.30 bits per heavy atom. The van der Waals surface area contributed by atoms with Crippen molar-refractivity contribution < 1.29 is 4.79 Å². The molecule has 0 aliphatic carbocycles. The van der Waals surface area contributed by atoms with Crippen LogP contribution in [0, 0.1) is 5.92 Å². The van der Waals surface area contributed by atoms with E-state index in [9.17, 15) is 4.79 Å². The average molecular weight is 546 g/mol. The Bertz CT molecular complexity index is 1140. The number of hydrogen-bond donors (Lipinski definition) is 1. The number of nitrogens with zero attached hydrogens (tertiary/aromatic N) is 3. The minimum absolute atomic E-state index is 0.282. The van der Waals surface area contributed by atoms with Crippen molar-refractivity contribution >= 4 is 64.1 Å². The number of thioether (sulfide) groups is 1. The maximum atomic E-state index is 13.0. The number of hydrogen-bond acceptors (Lipinski definition) is 4. The second-order valence-corrected chi connectivity index (χ2v) is 10.5. The molecule has 1 aromatic heterocycles. The zero-order valence-electron chi connectivity index (χ0n) is 18.4. The van der Waals surface area contributed by atoms with Gasteiger partial charge in [0, 0.05) is 27.4 Å². The topological polar surface area (TPSA) is 59.8 Å². The number of carbonyl (C=O) groups excluding carboxylic acids is 1. The highest BCUT2D eigenvalue weighted by atomic mass is 35.5. The third-order valence-corrected chi connectivity index (χ3v) is 7.08. The summed E-state index contributed by atoms with van der Waals surface area (Å²) in [6.07, 6.45) is 0.697. The van der Waals surface area contributed by atoms with E-state index in [4.69, 9.17) is 46.4 Å². The van der Waals surface area contributed by atoms with Crippen LogP contribution >= 0.6 is 58.2 Å². The molecule has 5 nitrogen and oxygen atoms in total. The summed E-state index contributed by atoms with van der Waals surface area (Å²) in [7, 11) is 0. The maximum Gasteiger partial charge on any atom is 0.253 e. The second-order valence-electron chi connectivity index (χ2n) is 7.89. The second kappa shape index (κ2) is 11.8. The molecule has 0 saturated heterocycles. The summed E-state index contributed by atoms with van der Waals surface area (Å²) in [5, 5.41) is 14.7. The van der Waals surface area contributed by atoms with Crippen molar-refractivity contribution in [1.29, 1.82) is 0 Å². The lowest BCUT2D eigenvalue weighted by Crippen LogP contribution is -2.31. The number of carbonyl (C=O) groups is 1. The van der Waals surface area contributed by atoms with Gasteiger partial charge in [0.15, 0.2) is 11.0 Å². The molecule has 10 heteroatoms. The fourth-order valence-corrected chi connectivity index (χ4v) is 5.41. The highest BCUT2D eigenvalue weighted by Crippen LogP contribution is 2.30. The molecule has 0 saturated carbocycles. The van der Waals surface area contributed by atoms with E-state index >= 15 is 0 Å². The molecule has 0 fully saturated rings. The van der Waals surface area contributed by atoms with E-state index in [0.717, 1.165) is 10.7 Å². The summed E-state index contributed by atoms with van der Waals surface area (Å²) >= 11 is 26.1. The van der Waals surface area contributed by atoms with Crippen LogP contribution in [0.5, 0.6) is 0 Å². The number of halogens is 4. The van der Waals surface area contributed by atoms with Gasteiger partial charge in [-0.15, -0.1) is 10.2 Å². The van der Waals surface area contributed by atoms with E-state index in [1.807, 2.05) is 23.6 Å². The molecule has 33 heavy (non-hydrogen) atoms. The van der Waals surface area contributed by atoms with Crippen molar-refractivity contribution in [2.24, 2.45) is 5.92 Å². The third kappa shape index (κ3) is 6.80. The summed E-state index contributed by atoms with van der Waals surface area (Å²) in [5.41, 5.74) is 1.33. The van der Waals surface area contributed by atoms with Gasteiger partial charge >= 0.3 is 0 Å². The Hall–Kier alpha value is -1.44. The minimum atomic E-state index is -0.329. The molecule has 0 bridgehead atoms. The SMILES string of the molecule is CCn1c(SCc2ccc(Cl)cc2Cl)nnc1[C@@H](CC(C)C)NC(=O)c1ccc(Cl)cc1Cl. The normalized spacial score (nSPS) is 12.2. The van der Waals surface area contributed by atoms with Crippen LogP contribution in [0.4, 0.5) is 0 Å². The number of rotatable bonds is 9. The molecule has 0 aliphatic heterocycles. The standard InChI is InChI=1S/C23H24Cl4N4OS/c1-4-31-21(29-30-23(31)33-12-14-5-6-15(24)10-18(14)26)20(9-13(2)3)28-22(32)17-8-7-16(25)11-19(17)27/h5-8,10-11,13,20H,4,9,12H2,1-3H3,(H,28,32)/t20-/m1/s1. The van der Waals surface area contributed by atoms with Gasteiger partial charge in [-0.3, -0.25) is 4.79 Å². The molecular formula is C23H24Cl4N4OS. The Morgan fingerprint density at radius 1 is 1.03 bits per heavy atom. The van der Waals surface area contributed by atoms with Gasteiger partial charge in [0.05, 0.1) is 16.6 Å². The molecule has 3 rings (SSSR count). The van der Waals surface area contributed by atoms with Crippen molar-refractivity contribution in [3.8, 4) is 0 Å². The molecule has 0 aliphatic rings. The maximum absolute atomic E-state index is 13.0. The first kappa shape index (κ1) is 26.2. The van der Waals surface area contributed by atoms with Crippen LogP contribution in [0.3, 0.4) is 0 Å². The molecule has 2 aromatic carbocycles. The average Bonchev–Trinajstić information content (AvgIpc) is 3.15. The summed E-state index contributed by atoms with van der Waals surface area (Å²) in [6.45, 7) is 6.88. The van der Waals surface area contributed by atoms with Crippen LogP contribution < -0.4 is 5.32 Å². The van der Waals surface area contributed by atoms with Crippen molar-refractivity contribution in [2.75, 3.05) is 0 Å². The van der Waals surface area contributed by atoms with Gasteiger partial charge in [-0.1, -0.05) is 78.1 Å². The van der Waals surface area contributed by atoms with Gasteiger partial charge in [-0.05, 0) is 55.2 Å². The highest BCUT2D eigenvalue weighted by molar-refractivity contribution is 7.98. The third-order valence-electron chi connectivity index (χ3n) is 4.93. The van der Waals surface area contributed by atoms with Crippen LogP contribution in [-0.2, 0) is 12.3 Å². The summed E-state index contributed by atoms with van der Waals surface area (Å²) in [6, 6.07) is 9.94. The number of benzene rings is 2. The molecule has 0 unspecified atom stereocenters. The first-order chi connectivity index (χ1) is 15.7. The predicted octanol–water partition coefficient (Wildman–Crippen LogP) is 7.72. The predicted molar refractivity (Wildman–Crippen MR) is 138 cm³/mol. The molecule has 1 atom stereocenters. The van der Waals surface area contributed by atoms with Crippen molar-refractivity contribution in [3.63, 3.8) is 0 Å². The smallest absolute Gasteiger partial charge is 0.253 e. The van der Waals surface area contributed by atoms with Gasteiger partial charge in [-0.2, -0.15) is 0 Å². The summed E-state index contributed by atoms with van der Waals surface area (Å²) in [5.74, 6) is 1.36. The van der Waals surface area contributed by atoms with Crippen molar-refractivity contribution in [1.82, 2.24) is 20.1 Å². The molecule has 1 heterocycles. The fourth-order valence-electron chi connectivity index (χ4n) is 3.35. The summed E-state index contributed by atoms with van der Waals surface area (Å²) in [4.78, 5) is 13.0. The van der Waals surface area contributed by atoms with Crippen LogP contribution in [0.1, 0.15) is 55.0 Å². The van der Waals surface area contributed by atoms with E-state index in [1.54, 1.807) is 24.3 Å². The largest absolute Gasteiger partial charge is 0.342 e. The lowest BCUT2D eigenvalue weighted by Gasteiger charge is -2.21. The van der Waals surface area contributed by atoms with Gasteiger partial charge < -0.3 is 9.88 Å². The van der Waals surface area contributed by atoms with Gasteiger partial charge in [0.1, 0.15) is 0 Å². The van der Waals surface area contributed by atoms with E-state index in [2.05, 4.69) is 29.4 Å². The van der Waals surface area contributed by atoms with Crippen LogP contribution in [0.15, 0.2) is 41.6 Å². The zero-order chi connectivity index (χ0) is 24.1. The van der Waals surface area contributed by atoms with Crippen LogP contribution in [0.25, 0.3) is 0 Å². The Kier molecular flexibility index (Phi) is 9.36. The molecule has 3 aromatic rings. The quantitative estimate of drug-likeness (QED) is 0.279. The lowest BCUT2D eigenvalue weighted by atomic mass is 10.0. The number of amides is 1. The van der Waals surface area contributed by atoms with Crippen LogP contribution in [0.2, 0.25) is 20.1 Å². The first-order valence-electron chi connectivity index (χ1n) is 10.4. The Morgan fingerprint density at radius 2 is 1.70 bits per heavy atom. The van der Waals surface area contributed by atoms with E-state index in [-0.39, 0.29) is 11.9 Å². The van der Waals surface area contributed by atoms with Gasteiger partial charge in [0.2, 0.25) is 0 Å². The minimum Gasteiger partial charge on any atom is -0.342 e. The molecule has 1 amide bonds. The first-order valence-corrected chi connectivity index (χ1v) is 12.9. The summed E-state index contributed by atoms with van der Waals surface area (Å²) < 4.78 is 2.02. The van der Waals surface area contributed by atoms with Gasteiger partial charge in [-0.25, -0.2) is 0 Å². The molecule has 0 radical (unpaired) electrons. The molecule has 1 N–H and O–H groups in total. The van der Waals surface area contributed by atoms with E-state index < -0.39 is 0 Å².